The van der Waals surface area contributed by atoms with E-state index in [1.54, 1.807) is 28.2 Å². The van der Waals surface area contributed by atoms with Crippen molar-refractivity contribution in [2.45, 2.75) is 69.6 Å². The summed E-state index contributed by atoms with van der Waals surface area (Å²) < 4.78 is 1.75. The number of anilines is 3. The number of nitrogens with zero attached hydrogens (tertiary/aromatic N) is 8. The van der Waals surface area contributed by atoms with Crippen molar-refractivity contribution in [2.24, 2.45) is 7.05 Å². The molecule has 3 aromatic heterocycles. The second-order valence-corrected chi connectivity index (χ2v) is 12.0. The van der Waals surface area contributed by atoms with Gasteiger partial charge in [0.05, 0.1) is 25.0 Å². The third-order valence-electron chi connectivity index (χ3n) is 8.93. The first-order valence-electron chi connectivity index (χ1n) is 16.0. The topological polar surface area (TPSA) is 148 Å². The number of aliphatic hydroxyl groups excluding tert-OH is 1. The zero-order chi connectivity index (χ0) is 31.9. The summed E-state index contributed by atoms with van der Waals surface area (Å²) in [6.07, 6.45) is 13.2. The van der Waals surface area contributed by atoms with Gasteiger partial charge in [0.15, 0.2) is 5.82 Å². The molecule has 2 fully saturated rings. The van der Waals surface area contributed by atoms with E-state index in [9.17, 15) is 15.2 Å². The molecule has 3 N–H and O–H groups in total. The number of nitrogens with one attached hydrogen (secondary N) is 2. The molecule has 1 saturated heterocycles. The summed E-state index contributed by atoms with van der Waals surface area (Å²) in [4.78, 5) is 31.5. The average molecular weight is 621 g/mol. The van der Waals surface area contributed by atoms with Crippen LogP contribution in [0.5, 0.6) is 0 Å². The minimum Gasteiger partial charge on any atom is -0.394 e. The molecule has 12 nitrogen and oxygen atoms in total. The predicted molar refractivity (Wildman–Crippen MR) is 176 cm³/mol. The summed E-state index contributed by atoms with van der Waals surface area (Å²) in [5.74, 6) is 1.66. The Morgan fingerprint density at radius 2 is 1.85 bits per heavy atom. The fourth-order valence-electron chi connectivity index (χ4n) is 6.46. The molecule has 46 heavy (non-hydrogen) atoms. The van der Waals surface area contributed by atoms with Crippen LogP contribution in [0.2, 0.25) is 0 Å². The highest BCUT2D eigenvalue weighted by molar-refractivity contribution is 5.91. The molecule has 1 aliphatic heterocycles. The van der Waals surface area contributed by atoms with Crippen molar-refractivity contribution < 1.29 is 9.90 Å². The van der Waals surface area contributed by atoms with Crippen molar-refractivity contribution in [3.63, 3.8) is 0 Å². The number of nitriles is 1. The van der Waals surface area contributed by atoms with Crippen molar-refractivity contribution >= 4 is 23.6 Å². The number of hydrogen-bond acceptors (Lipinski definition) is 9. The molecule has 2 aliphatic rings. The van der Waals surface area contributed by atoms with Gasteiger partial charge in [-0.2, -0.15) is 15.3 Å². The standard InChI is InChI=1S/C34H40N10O2/c1-42-22-27(21-39-42)25-10-15-31(36-19-25)44(34(46)38-18-24-7-3-2-4-8-24)29-13-11-28(12-14-29)40-33-37-20-26(17-35)32(41-33)43-16-6-5-9-30(43)23-45/h2-4,7-8,10,15,19-22,28-30,45H,5-6,9,11-14,16,18,23H2,1H3,(H,38,46)(H,37,40,41). The molecule has 6 rings (SSSR count). The van der Waals surface area contributed by atoms with Gasteiger partial charge in [0.25, 0.3) is 0 Å². The van der Waals surface area contributed by atoms with Crippen LogP contribution in [-0.4, -0.2) is 67.1 Å². The second-order valence-electron chi connectivity index (χ2n) is 12.0. The molecule has 1 atom stereocenters. The summed E-state index contributed by atoms with van der Waals surface area (Å²) in [5.41, 5.74) is 3.34. The van der Waals surface area contributed by atoms with Crippen LogP contribution in [0.15, 0.2) is 67.3 Å². The summed E-state index contributed by atoms with van der Waals surface area (Å²) in [6, 6.07) is 15.8. The lowest BCUT2D eigenvalue weighted by atomic mass is 9.90. The molecule has 1 aromatic carbocycles. The average Bonchev–Trinajstić information content (AvgIpc) is 3.55. The molecule has 1 unspecified atom stereocenters. The number of rotatable bonds is 9. The largest absolute Gasteiger partial charge is 0.394 e. The van der Waals surface area contributed by atoms with Gasteiger partial charge in [0.2, 0.25) is 5.95 Å². The summed E-state index contributed by atoms with van der Waals surface area (Å²) in [5, 5.41) is 30.5. The molecule has 2 amide bonds. The monoisotopic (exact) mass is 620 g/mol. The highest BCUT2D eigenvalue weighted by Crippen LogP contribution is 2.31. The minimum atomic E-state index is -0.179. The number of benzene rings is 1. The third kappa shape index (κ3) is 7.10. The molecular formula is C34H40N10O2. The number of carbonyl (C=O) groups excluding carboxylic acids is 1. The summed E-state index contributed by atoms with van der Waals surface area (Å²) in [7, 11) is 1.88. The highest BCUT2D eigenvalue weighted by Gasteiger charge is 2.32. The van der Waals surface area contributed by atoms with E-state index in [-0.39, 0.29) is 30.8 Å². The zero-order valence-electron chi connectivity index (χ0n) is 26.1. The number of aryl methyl sites for hydroxylation is 1. The Bertz CT molecular complexity index is 1640. The van der Waals surface area contributed by atoms with Crippen LogP contribution in [0.1, 0.15) is 56.1 Å². The highest BCUT2D eigenvalue weighted by atomic mass is 16.3. The number of amides is 2. The predicted octanol–water partition coefficient (Wildman–Crippen LogP) is 4.63. The van der Waals surface area contributed by atoms with Crippen molar-refractivity contribution in [1.82, 2.24) is 30.0 Å². The molecule has 4 heterocycles. The number of urea groups is 1. The van der Waals surface area contributed by atoms with Gasteiger partial charge in [-0.25, -0.2) is 14.8 Å². The Morgan fingerprint density at radius 1 is 1.02 bits per heavy atom. The fourth-order valence-corrected chi connectivity index (χ4v) is 6.46. The molecular weight excluding hydrogens is 580 g/mol. The van der Waals surface area contributed by atoms with E-state index in [4.69, 9.17) is 9.97 Å². The quantitative estimate of drug-likeness (QED) is 0.243. The molecule has 12 heteroatoms. The second kappa shape index (κ2) is 14.4. The number of hydrogen-bond donors (Lipinski definition) is 3. The van der Waals surface area contributed by atoms with Gasteiger partial charge in [-0.15, -0.1) is 0 Å². The van der Waals surface area contributed by atoms with Crippen molar-refractivity contribution in [2.75, 3.05) is 28.3 Å². The maximum absolute atomic E-state index is 13.7. The van der Waals surface area contributed by atoms with Crippen LogP contribution < -0.4 is 20.4 Å². The Kier molecular flexibility index (Phi) is 9.69. The lowest BCUT2D eigenvalue weighted by Crippen LogP contribution is -2.49. The van der Waals surface area contributed by atoms with E-state index >= 15 is 0 Å². The molecule has 1 saturated carbocycles. The smallest absolute Gasteiger partial charge is 0.323 e. The van der Waals surface area contributed by atoms with E-state index in [2.05, 4.69) is 26.8 Å². The number of pyridine rings is 1. The van der Waals surface area contributed by atoms with E-state index in [0.717, 1.165) is 68.2 Å². The van der Waals surface area contributed by atoms with Crippen LogP contribution in [0.25, 0.3) is 11.1 Å². The van der Waals surface area contributed by atoms with Gasteiger partial charge >= 0.3 is 6.03 Å². The first-order valence-corrected chi connectivity index (χ1v) is 16.0. The minimum absolute atomic E-state index is 0.0259. The fraction of sp³-hybridized carbons (Fsp3) is 0.412. The first kappa shape index (κ1) is 31.0. The Hall–Kier alpha value is -5.02. The molecule has 4 aromatic rings. The number of carbonyl (C=O) groups is 1. The van der Waals surface area contributed by atoms with Gasteiger partial charge in [-0.3, -0.25) is 9.58 Å². The normalized spacial score (nSPS) is 19.7. The summed E-state index contributed by atoms with van der Waals surface area (Å²) in [6.45, 7) is 1.20. The van der Waals surface area contributed by atoms with Crippen LogP contribution in [0.4, 0.5) is 22.4 Å². The molecule has 0 spiro atoms. The van der Waals surface area contributed by atoms with Crippen LogP contribution >= 0.6 is 0 Å². The lowest BCUT2D eigenvalue weighted by Gasteiger charge is -2.37. The SMILES string of the molecule is Cn1cc(-c2ccc(N(C(=O)NCc3ccccc3)C3CCC(Nc4ncc(C#N)c(N5CCCCC5CO)n4)CC3)nc2)cn1. The van der Waals surface area contributed by atoms with E-state index < -0.39 is 0 Å². The summed E-state index contributed by atoms with van der Waals surface area (Å²) >= 11 is 0. The van der Waals surface area contributed by atoms with E-state index in [1.807, 2.05) is 60.6 Å². The first-order chi connectivity index (χ1) is 22.5. The van der Waals surface area contributed by atoms with Gasteiger partial charge in [0.1, 0.15) is 17.5 Å². The number of aromatic nitrogens is 5. The lowest BCUT2D eigenvalue weighted by molar-refractivity contribution is 0.239. The van der Waals surface area contributed by atoms with E-state index in [0.29, 0.717) is 29.7 Å². The van der Waals surface area contributed by atoms with Crippen molar-refractivity contribution in [3.05, 3.63) is 78.4 Å². The van der Waals surface area contributed by atoms with Gasteiger partial charge in [0, 0.05) is 55.7 Å². The Labute approximate surface area is 269 Å². The zero-order valence-corrected chi connectivity index (χ0v) is 26.1. The Balaban J connectivity index is 1.15. The van der Waals surface area contributed by atoms with Crippen molar-refractivity contribution in [1.29, 1.82) is 5.26 Å². The van der Waals surface area contributed by atoms with Gasteiger partial charge in [-0.05, 0) is 62.6 Å². The molecule has 1 aliphatic carbocycles. The van der Waals surface area contributed by atoms with Crippen LogP contribution in [0.3, 0.4) is 0 Å². The third-order valence-corrected chi connectivity index (χ3v) is 8.93. The number of aliphatic hydroxyl groups is 1. The van der Waals surface area contributed by atoms with Gasteiger partial charge < -0.3 is 20.6 Å². The van der Waals surface area contributed by atoms with Crippen LogP contribution in [-0.2, 0) is 13.6 Å². The van der Waals surface area contributed by atoms with E-state index in [1.165, 1.54) is 0 Å². The molecule has 238 valence electrons. The molecule has 0 radical (unpaired) electrons. The van der Waals surface area contributed by atoms with Crippen molar-refractivity contribution in [3.8, 4) is 17.2 Å². The van der Waals surface area contributed by atoms with Crippen LogP contribution in [0, 0.1) is 11.3 Å². The molecule has 0 bridgehead atoms. The number of piperidine rings is 1. The van der Waals surface area contributed by atoms with Gasteiger partial charge in [-0.1, -0.05) is 30.3 Å². The maximum atomic E-state index is 13.7. The maximum Gasteiger partial charge on any atom is 0.323 e. The Morgan fingerprint density at radius 3 is 2.54 bits per heavy atom.